The molecule has 0 bridgehead atoms. The Hall–Kier alpha value is -0.900. The second-order valence-corrected chi connectivity index (χ2v) is 6.70. The highest BCUT2D eigenvalue weighted by atomic mass is 32.1. The Kier molecular flexibility index (Phi) is 4.05. The van der Waals surface area contributed by atoms with Crippen molar-refractivity contribution in [2.45, 2.75) is 52.5 Å². The molecule has 1 heterocycles. The Labute approximate surface area is 113 Å². The fraction of sp³-hybridized carbons (Fsp3) is 0.714. The first-order valence-electron chi connectivity index (χ1n) is 6.74. The van der Waals surface area contributed by atoms with E-state index in [0.717, 1.165) is 30.1 Å². The lowest BCUT2D eigenvalue weighted by Crippen LogP contribution is -2.30. The number of hydrogen-bond donors (Lipinski definition) is 0. The maximum atomic E-state index is 11.8. The van der Waals surface area contributed by atoms with Crippen LogP contribution in [0.5, 0.6) is 0 Å². The zero-order valence-corrected chi connectivity index (χ0v) is 12.5. The van der Waals surface area contributed by atoms with Crippen molar-refractivity contribution in [2.24, 2.45) is 5.92 Å². The molecule has 1 aliphatic rings. The van der Waals surface area contributed by atoms with E-state index in [2.05, 4.69) is 37.7 Å². The van der Waals surface area contributed by atoms with Crippen molar-refractivity contribution in [1.82, 2.24) is 4.98 Å². The lowest BCUT2D eigenvalue weighted by atomic mass is 10.0. The van der Waals surface area contributed by atoms with Gasteiger partial charge in [0.05, 0.1) is 0 Å². The van der Waals surface area contributed by atoms with Gasteiger partial charge in [0, 0.05) is 24.4 Å². The Morgan fingerprint density at radius 2 is 2.06 bits per heavy atom. The van der Waals surface area contributed by atoms with Gasteiger partial charge in [-0.15, -0.1) is 11.3 Å². The molecule has 0 aromatic carbocycles. The number of carbonyl (C=O) groups is 1. The highest BCUT2D eigenvalue weighted by molar-refractivity contribution is 7.16. The number of anilines is 1. The van der Waals surface area contributed by atoms with E-state index in [4.69, 9.17) is 0 Å². The van der Waals surface area contributed by atoms with E-state index < -0.39 is 0 Å². The number of fused-ring (bicyclic) bond motifs is 1. The molecule has 0 saturated carbocycles. The summed E-state index contributed by atoms with van der Waals surface area (Å²) in [6.07, 6.45) is 3.82. The summed E-state index contributed by atoms with van der Waals surface area (Å²) < 4.78 is 0. The third-order valence-corrected chi connectivity index (χ3v) is 4.74. The number of thiazole rings is 1. The van der Waals surface area contributed by atoms with E-state index in [0.29, 0.717) is 18.4 Å². The summed E-state index contributed by atoms with van der Waals surface area (Å²) in [5, 5.41) is 1.00. The molecule has 1 aromatic rings. The van der Waals surface area contributed by atoms with Crippen molar-refractivity contribution in [3.63, 3.8) is 0 Å². The molecule has 0 N–H and O–H groups in total. The third-order valence-electron chi connectivity index (χ3n) is 3.53. The SMILES string of the molecule is CC(C)CC(C)N(C)c1nc2c(s1)CCCC2=O. The zero-order chi connectivity index (χ0) is 13.3. The molecule has 4 heteroatoms. The summed E-state index contributed by atoms with van der Waals surface area (Å²) >= 11 is 1.70. The lowest BCUT2D eigenvalue weighted by Gasteiger charge is -2.25. The molecular formula is C14H22N2OS. The summed E-state index contributed by atoms with van der Waals surface area (Å²) in [4.78, 5) is 19.8. The van der Waals surface area contributed by atoms with Crippen LogP contribution in [0, 0.1) is 5.92 Å². The Morgan fingerprint density at radius 1 is 1.33 bits per heavy atom. The van der Waals surface area contributed by atoms with Crippen LogP contribution in [-0.4, -0.2) is 23.9 Å². The van der Waals surface area contributed by atoms with Gasteiger partial charge in [0.2, 0.25) is 0 Å². The summed E-state index contributed by atoms with van der Waals surface area (Å²) in [5.74, 6) is 0.905. The van der Waals surface area contributed by atoms with Gasteiger partial charge in [-0.2, -0.15) is 0 Å². The van der Waals surface area contributed by atoms with Gasteiger partial charge in [0.1, 0.15) is 5.69 Å². The molecule has 0 amide bonds. The standard InChI is InChI=1S/C14H22N2OS/c1-9(2)8-10(3)16(4)14-15-13-11(17)6-5-7-12(13)18-14/h9-10H,5-8H2,1-4H3. The van der Waals surface area contributed by atoms with Crippen LogP contribution >= 0.6 is 11.3 Å². The van der Waals surface area contributed by atoms with Crippen molar-refractivity contribution in [2.75, 3.05) is 11.9 Å². The molecular weight excluding hydrogens is 244 g/mol. The van der Waals surface area contributed by atoms with Crippen molar-refractivity contribution in [3.05, 3.63) is 10.6 Å². The molecule has 0 fully saturated rings. The molecule has 1 aliphatic carbocycles. The molecule has 3 nitrogen and oxygen atoms in total. The minimum atomic E-state index is 0.226. The van der Waals surface area contributed by atoms with E-state index in [1.807, 2.05) is 0 Å². The van der Waals surface area contributed by atoms with Crippen LogP contribution in [-0.2, 0) is 6.42 Å². The quantitative estimate of drug-likeness (QED) is 0.836. The monoisotopic (exact) mass is 266 g/mol. The second kappa shape index (κ2) is 5.39. The average Bonchev–Trinajstić information content (AvgIpc) is 2.72. The molecule has 100 valence electrons. The third kappa shape index (κ3) is 2.74. The number of Topliss-reactive ketones (excluding diaryl/α,β-unsaturated/α-hetero) is 1. The topological polar surface area (TPSA) is 33.2 Å². The summed E-state index contributed by atoms with van der Waals surface area (Å²) in [5.41, 5.74) is 0.741. The van der Waals surface area contributed by atoms with Gasteiger partial charge < -0.3 is 4.90 Å². The minimum Gasteiger partial charge on any atom is -0.348 e. The number of carbonyl (C=O) groups excluding carboxylic acids is 1. The zero-order valence-electron chi connectivity index (χ0n) is 11.7. The summed E-state index contributed by atoms with van der Waals surface area (Å²) in [6.45, 7) is 6.70. The van der Waals surface area contributed by atoms with Crippen LogP contribution in [0.1, 0.15) is 55.4 Å². The predicted octanol–water partition coefficient (Wildman–Crippen LogP) is 3.53. The molecule has 1 aromatic heterocycles. The summed E-state index contributed by atoms with van der Waals surface area (Å²) in [6, 6.07) is 0.465. The lowest BCUT2D eigenvalue weighted by molar-refractivity contribution is 0.0968. The van der Waals surface area contributed by atoms with E-state index in [1.165, 1.54) is 4.88 Å². The number of aryl methyl sites for hydroxylation is 1. The van der Waals surface area contributed by atoms with Crippen LogP contribution < -0.4 is 4.90 Å². The van der Waals surface area contributed by atoms with Crippen LogP contribution in [0.2, 0.25) is 0 Å². The Balaban J connectivity index is 2.16. The fourth-order valence-corrected chi connectivity index (χ4v) is 3.62. The molecule has 0 aliphatic heterocycles. The largest absolute Gasteiger partial charge is 0.348 e. The van der Waals surface area contributed by atoms with Crippen molar-refractivity contribution < 1.29 is 4.79 Å². The smallest absolute Gasteiger partial charge is 0.186 e. The van der Waals surface area contributed by atoms with E-state index in [-0.39, 0.29) is 5.78 Å². The van der Waals surface area contributed by atoms with Crippen molar-refractivity contribution in [1.29, 1.82) is 0 Å². The molecule has 2 rings (SSSR count). The van der Waals surface area contributed by atoms with Crippen LogP contribution in [0.3, 0.4) is 0 Å². The van der Waals surface area contributed by atoms with Gasteiger partial charge in [-0.05, 0) is 32.1 Å². The van der Waals surface area contributed by atoms with Gasteiger partial charge in [0.15, 0.2) is 10.9 Å². The molecule has 1 unspecified atom stereocenters. The Bertz CT molecular complexity index is 439. The van der Waals surface area contributed by atoms with Crippen LogP contribution in [0.4, 0.5) is 5.13 Å². The van der Waals surface area contributed by atoms with Crippen molar-refractivity contribution in [3.8, 4) is 0 Å². The minimum absolute atomic E-state index is 0.226. The number of ketones is 1. The van der Waals surface area contributed by atoms with Crippen LogP contribution in [0.25, 0.3) is 0 Å². The molecule has 1 atom stereocenters. The summed E-state index contributed by atoms with van der Waals surface area (Å²) in [7, 11) is 2.09. The second-order valence-electron chi connectivity index (χ2n) is 5.63. The predicted molar refractivity (Wildman–Crippen MR) is 76.7 cm³/mol. The maximum Gasteiger partial charge on any atom is 0.186 e. The first kappa shape index (κ1) is 13.5. The van der Waals surface area contributed by atoms with Gasteiger partial charge in [-0.3, -0.25) is 4.79 Å². The number of nitrogens with zero attached hydrogens (tertiary/aromatic N) is 2. The molecule has 0 radical (unpaired) electrons. The first-order valence-corrected chi connectivity index (χ1v) is 7.56. The van der Waals surface area contributed by atoms with E-state index in [1.54, 1.807) is 11.3 Å². The van der Waals surface area contributed by atoms with E-state index in [9.17, 15) is 4.79 Å². The fourth-order valence-electron chi connectivity index (χ4n) is 2.43. The number of hydrogen-bond acceptors (Lipinski definition) is 4. The first-order chi connectivity index (χ1) is 8.49. The van der Waals surface area contributed by atoms with Crippen LogP contribution in [0.15, 0.2) is 0 Å². The highest BCUT2D eigenvalue weighted by Crippen LogP contribution is 2.32. The van der Waals surface area contributed by atoms with Gasteiger partial charge in [0.25, 0.3) is 0 Å². The van der Waals surface area contributed by atoms with Gasteiger partial charge >= 0.3 is 0 Å². The maximum absolute atomic E-state index is 11.8. The molecule has 18 heavy (non-hydrogen) atoms. The number of aromatic nitrogens is 1. The van der Waals surface area contributed by atoms with Gasteiger partial charge in [-0.1, -0.05) is 13.8 Å². The average molecular weight is 266 g/mol. The van der Waals surface area contributed by atoms with Crippen molar-refractivity contribution >= 4 is 22.3 Å². The highest BCUT2D eigenvalue weighted by Gasteiger charge is 2.24. The molecule has 0 spiro atoms. The normalized spacial score (nSPS) is 16.8. The Morgan fingerprint density at radius 3 is 2.67 bits per heavy atom. The van der Waals surface area contributed by atoms with Gasteiger partial charge in [-0.25, -0.2) is 4.98 Å². The molecule has 0 saturated heterocycles. The van der Waals surface area contributed by atoms with E-state index >= 15 is 0 Å². The number of rotatable bonds is 4.